The maximum absolute atomic E-state index is 3.29. The average molecular weight is 266 g/mol. The van der Waals surface area contributed by atoms with E-state index in [1.165, 1.54) is 32.4 Å². The van der Waals surface area contributed by atoms with E-state index in [0.717, 1.165) is 0 Å². The number of halogens is 1. The third kappa shape index (κ3) is 1.83. The smallest absolute Gasteiger partial charge is 0.211 e. The van der Waals surface area contributed by atoms with Crippen LogP contribution in [0.1, 0.15) is 0 Å². The van der Waals surface area contributed by atoms with E-state index in [2.05, 4.69) is 65.6 Å². The Kier molecular flexibility index (Phi) is 2.84. The fraction of sp³-hybridized carbons (Fsp3) is 0. The molecule has 4 rings (SSSR count). The number of aromatic amines is 1. The summed E-state index contributed by atoms with van der Waals surface area (Å²) in [6, 6.07) is 21.6. The molecule has 0 saturated heterocycles. The summed E-state index contributed by atoms with van der Waals surface area (Å²) in [6.07, 6.45) is 1.97. The van der Waals surface area contributed by atoms with Crippen molar-refractivity contribution in [1.29, 1.82) is 0 Å². The predicted octanol–water partition coefficient (Wildman–Crippen LogP) is 0.964. The van der Waals surface area contributed by atoms with Gasteiger partial charge in [-0.2, -0.15) is 0 Å². The van der Waals surface area contributed by atoms with E-state index in [4.69, 9.17) is 0 Å². The minimum Gasteiger partial charge on any atom is -1.00 e. The summed E-state index contributed by atoms with van der Waals surface area (Å²) < 4.78 is 0. The molecular formula is C17H12ClN. The zero-order valence-electron chi connectivity index (χ0n) is 10.2. The molecule has 0 radical (unpaired) electrons. The zero-order valence-corrected chi connectivity index (χ0v) is 11.0. The molecule has 0 spiro atoms. The first-order chi connectivity index (χ1) is 8.92. The average Bonchev–Trinajstić information content (AvgIpc) is 2.45. The van der Waals surface area contributed by atoms with Crippen LogP contribution in [-0.4, -0.2) is 0 Å². The Bertz CT molecular complexity index is 877. The van der Waals surface area contributed by atoms with Crippen molar-refractivity contribution in [3.8, 4) is 0 Å². The molecule has 0 bridgehead atoms. The number of hydrogen-bond acceptors (Lipinski definition) is 0. The Morgan fingerprint density at radius 2 is 1.42 bits per heavy atom. The molecule has 0 aliphatic rings. The lowest BCUT2D eigenvalue weighted by Crippen LogP contribution is -3.00. The molecule has 0 fully saturated rings. The minimum atomic E-state index is 0. The van der Waals surface area contributed by atoms with Gasteiger partial charge in [-0.05, 0) is 45.8 Å². The van der Waals surface area contributed by atoms with Crippen LogP contribution >= 0.6 is 0 Å². The molecule has 1 nitrogen and oxygen atoms in total. The summed E-state index contributed by atoms with van der Waals surface area (Å²) in [6.45, 7) is 0. The highest BCUT2D eigenvalue weighted by molar-refractivity contribution is 6.10. The van der Waals surface area contributed by atoms with E-state index < -0.39 is 0 Å². The van der Waals surface area contributed by atoms with Crippen molar-refractivity contribution in [1.82, 2.24) is 0 Å². The minimum absolute atomic E-state index is 0. The van der Waals surface area contributed by atoms with Crippen LogP contribution in [0.3, 0.4) is 0 Å². The maximum atomic E-state index is 3.29. The van der Waals surface area contributed by atoms with Gasteiger partial charge in [0.1, 0.15) is 0 Å². The third-order valence-corrected chi connectivity index (χ3v) is 3.53. The van der Waals surface area contributed by atoms with Crippen molar-refractivity contribution in [2.45, 2.75) is 0 Å². The molecule has 0 aliphatic heterocycles. The van der Waals surface area contributed by atoms with Gasteiger partial charge in [0.05, 0.1) is 5.39 Å². The Morgan fingerprint density at radius 3 is 2.26 bits per heavy atom. The standard InChI is InChI=1S/C17H11N.ClH/c1-2-5-13-11-16-14(10-12(13)4-1)7-8-17-15(16)6-3-9-18-17;/h1-11H;1H. The van der Waals surface area contributed by atoms with Crippen molar-refractivity contribution in [2.24, 2.45) is 0 Å². The van der Waals surface area contributed by atoms with E-state index in [1.54, 1.807) is 0 Å². The lowest BCUT2D eigenvalue weighted by atomic mass is 10.0. The monoisotopic (exact) mass is 265 g/mol. The first-order valence-corrected chi connectivity index (χ1v) is 6.14. The number of aromatic nitrogens is 1. The summed E-state index contributed by atoms with van der Waals surface area (Å²) >= 11 is 0. The summed E-state index contributed by atoms with van der Waals surface area (Å²) in [5, 5.41) is 6.47. The number of rotatable bonds is 0. The van der Waals surface area contributed by atoms with Gasteiger partial charge in [-0.15, -0.1) is 0 Å². The molecule has 3 aromatic carbocycles. The van der Waals surface area contributed by atoms with E-state index >= 15 is 0 Å². The largest absolute Gasteiger partial charge is 1.00 e. The summed E-state index contributed by atoms with van der Waals surface area (Å²) in [5.74, 6) is 0. The summed E-state index contributed by atoms with van der Waals surface area (Å²) in [7, 11) is 0. The van der Waals surface area contributed by atoms with Crippen molar-refractivity contribution < 1.29 is 17.4 Å². The summed E-state index contributed by atoms with van der Waals surface area (Å²) in [4.78, 5) is 3.29. The second-order valence-corrected chi connectivity index (χ2v) is 4.62. The SMILES string of the molecule is [Cl-].c1ccc2cc3c(ccc4[nH+]cccc43)cc2c1. The van der Waals surface area contributed by atoms with Gasteiger partial charge < -0.3 is 12.4 Å². The molecule has 0 unspecified atom stereocenters. The fourth-order valence-corrected chi connectivity index (χ4v) is 2.62. The van der Waals surface area contributed by atoms with Crippen LogP contribution in [0.5, 0.6) is 0 Å². The number of pyridine rings is 1. The zero-order chi connectivity index (χ0) is 11.9. The van der Waals surface area contributed by atoms with Crippen LogP contribution in [0.25, 0.3) is 32.4 Å². The van der Waals surface area contributed by atoms with Gasteiger partial charge in [0, 0.05) is 12.1 Å². The van der Waals surface area contributed by atoms with Crippen LogP contribution in [0.2, 0.25) is 0 Å². The van der Waals surface area contributed by atoms with E-state index in [0.29, 0.717) is 0 Å². The second-order valence-electron chi connectivity index (χ2n) is 4.62. The van der Waals surface area contributed by atoms with Crippen LogP contribution in [0, 0.1) is 0 Å². The molecule has 1 aromatic heterocycles. The van der Waals surface area contributed by atoms with Gasteiger partial charge in [-0.3, -0.25) is 0 Å². The lowest BCUT2D eigenvalue weighted by Gasteiger charge is -2.03. The number of hydrogen-bond donors (Lipinski definition) is 0. The Hall–Kier alpha value is -2.12. The first-order valence-electron chi connectivity index (χ1n) is 6.14. The van der Waals surface area contributed by atoms with Crippen molar-refractivity contribution in [3.05, 3.63) is 66.9 Å². The molecule has 1 heterocycles. The van der Waals surface area contributed by atoms with Crippen molar-refractivity contribution >= 4 is 32.4 Å². The van der Waals surface area contributed by atoms with Gasteiger partial charge >= 0.3 is 0 Å². The molecule has 0 amide bonds. The Labute approximate surface area is 117 Å². The van der Waals surface area contributed by atoms with Gasteiger partial charge in [0.25, 0.3) is 0 Å². The number of H-pyrrole nitrogens is 1. The van der Waals surface area contributed by atoms with Crippen molar-refractivity contribution in [2.75, 3.05) is 0 Å². The van der Waals surface area contributed by atoms with Gasteiger partial charge in [-0.25, -0.2) is 4.98 Å². The number of benzene rings is 3. The Morgan fingerprint density at radius 1 is 0.632 bits per heavy atom. The maximum Gasteiger partial charge on any atom is 0.211 e. The quantitative estimate of drug-likeness (QED) is 0.332. The van der Waals surface area contributed by atoms with Crippen LogP contribution in [0.15, 0.2) is 66.9 Å². The van der Waals surface area contributed by atoms with Gasteiger partial charge in [0.2, 0.25) is 5.52 Å². The van der Waals surface area contributed by atoms with E-state index in [9.17, 15) is 0 Å². The van der Waals surface area contributed by atoms with E-state index in [-0.39, 0.29) is 12.4 Å². The fourth-order valence-electron chi connectivity index (χ4n) is 2.62. The molecule has 0 atom stereocenters. The van der Waals surface area contributed by atoms with Gasteiger partial charge in [-0.1, -0.05) is 24.3 Å². The second kappa shape index (κ2) is 4.52. The van der Waals surface area contributed by atoms with Gasteiger partial charge in [0.15, 0.2) is 6.20 Å². The van der Waals surface area contributed by atoms with Crippen LogP contribution in [-0.2, 0) is 0 Å². The Balaban J connectivity index is 0.00000110. The predicted molar refractivity (Wildman–Crippen MR) is 75.5 cm³/mol. The molecular weight excluding hydrogens is 254 g/mol. The third-order valence-electron chi connectivity index (χ3n) is 3.53. The topological polar surface area (TPSA) is 14.1 Å². The normalized spacial score (nSPS) is 10.7. The highest BCUT2D eigenvalue weighted by atomic mass is 35.5. The molecule has 92 valence electrons. The van der Waals surface area contributed by atoms with E-state index in [1.807, 2.05) is 6.20 Å². The molecule has 2 heteroatoms. The molecule has 0 saturated carbocycles. The molecule has 0 aliphatic carbocycles. The molecule has 19 heavy (non-hydrogen) atoms. The van der Waals surface area contributed by atoms with Crippen molar-refractivity contribution in [3.63, 3.8) is 0 Å². The highest BCUT2D eigenvalue weighted by Crippen LogP contribution is 2.27. The highest BCUT2D eigenvalue weighted by Gasteiger charge is 2.05. The molecule has 4 aromatic rings. The molecule has 1 N–H and O–H groups in total. The first kappa shape index (κ1) is 11.9. The number of fused-ring (bicyclic) bond motifs is 4. The van der Waals surface area contributed by atoms with Crippen LogP contribution in [0.4, 0.5) is 0 Å². The van der Waals surface area contributed by atoms with Crippen LogP contribution < -0.4 is 17.4 Å². The lowest BCUT2D eigenvalue weighted by molar-refractivity contribution is -0.344. The number of nitrogens with one attached hydrogen (secondary N) is 1. The summed E-state index contributed by atoms with van der Waals surface area (Å²) in [5.41, 5.74) is 1.18.